The van der Waals surface area contributed by atoms with Gasteiger partial charge in [-0.15, -0.1) is 0 Å². The Morgan fingerprint density at radius 1 is 1.25 bits per heavy atom. The number of hydrogen-bond acceptors (Lipinski definition) is 3. The molecule has 0 radical (unpaired) electrons. The monoisotopic (exact) mass is 384 g/mol. The van der Waals surface area contributed by atoms with Gasteiger partial charge in [0, 0.05) is 29.3 Å². The first-order chi connectivity index (χ1) is 13.3. The molecule has 154 valence electrons. The van der Waals surface area contributed by atoms with E-state index in [-0.39, 0.29) is 11.7 Å². The molecule has 1 aromatic heterocycles. The molecular formula is C23H36N4O. The number of aromatic nitrogens is 2. The molecule has 0 spiro atoms. The third-order valence-corrected chi connectivity index (χ3v) is 5.53. The van der Waals surface area contributed by atoms with Crippen LogP contribution in [0, 0.1) is 5.92 Å². The number of rotatable bonds is 5. The van der Waals surface area contributed by atoms with Gasteiger partial charge in [0.2, 0.25) is 0 Å². The zero-order chi connectivity index (χ0) is 20.7. The van der Waals surface area contributed by atoms with Gasteiger partial charge < -0.3 is 5.32 Å². The van der Waals surface area contributed by atoms with E-state index in [2.05, 4.69) is 35.1 Å². The summed E-state index contributed by atoms with van der Waals surface area (Å²) >= 11 is 0. The van der Waals surface area contributed by atoms with Crippen molar-refractivity contribution < 1.29 is 4.79 Å². The van der Waals surface area contributed by atoms with Crippen molar-refractivity contribution in [1.29, 1.82) is 0 Å². The molecule has 0 amide bonds. The van der Waals surface area contributed by atoms with Gasteiger partial charge in [0.25, 0.3) is 0 Å². The van der Waals surface area contributed by atoms with E-state index in [0.717, 1.165) is 23.8 Å². The molecular weight excluding hydrogens is 348 g/mol. The van der Waals surface area contributed by atoms with Crippen LogP contribution in [0.25, 0.3) is 0 Å². The van der Waals surface area contributed by atoms with E-state index in [4.69, 9.17) is 4.99 Å². The molecule has 5 heteroatoms. The minimum absolute atomic E-state index is 0.213. The third-order valence-electron chi connectivity index (χ3n) is 5.53. The van der Waals surface area contributed by atoms with Gasteiger partial charge in [-0.1, -0.05) is 38.8 Å². The van der Waals surface area contributed by atoms with Crippen LogP contribution in [-0.4, -0.2) is 21.8 Å². The number of allylic oxidation sites excluding steroid dienone is 2. The quantitative estimate of drug-likeness (QED) is 0.486. The SMILES string of the molecule is C=C(C)NC(=Nc1cc(C2CCCC2)[nH]n1)C1=C(C)CCC1.CC(=O)C(C)C. The molecule has 0 atom stereocenters. The van der Waals surface area contributed by atoms with Crippen LogP contribution in [0.1, 0.15) is 91.2 Å². The van der Waals surface area contributed by atoms with Crippen LogP contribution in [-0.2, 0) is 4.79 Å². The molecule has 0 saturated heterocycles. The number of aromatic amines is 1. The predicted molar refractivity (Wildman–Crippen MR) is 117 cm³/mol. The van der Waals surface area contributed by atoms with Crippen LogP contribution >= 0.6 is 0 Å². The Bertz CT molecular complexity index is 748. The van der Waals surface area contributed by atoms with Gasteiger partial charge in [-0.2, -0.15) is 5.10 Å². The summed E-state index contributed by atoms with van der Waals surface area (Å²) in [6, 6.07) is 2.11. The molecule has 0 unspecified atom stereocenters. The lowest BCUT2D eigenvalue weighted by Gasteiger charge is -2.11. The molecule has 1 aromatic rings. The highest BCUT2D eigenvalue weighted by Gasteiger charge is 2.20. The number of aliphatic imine (C=N–C) groups is 1. The Morgan fingerprint density at radius 3 is 2.39 bits per heavy atom. The molecule has 2 N–H and O–H groups in total. The Balaban J connectivity index is 0.000000409. The molecule has 0 aromatic carbocycles. The topological polar surface area (TPSA) is 70.1 Å². The highest BCUT2D eigenvalue weighted by molar-refractivity contribution is 6.01. The Morgan fingerprint density at radius 2 is 1.89 bits per heavy atom. The van der Waals surface area contributed by atoms with E-state index in [1.165, 1.54) is 55.4 Å². The van der Waals surface area contributed by atoms with Gasteiger partial charge in [-0.3, -0.25) is 9.89 Å². The number of carbonyl (C=O) groups excluding carboxylic acids is 1. The van der Waals surface area contributed by atoms with Gasteiger partial charge >= 0.3 is 0 Å². The van der Waals surface area contributed by atoms with E-state index in [0.29, 0.717) is 5.92 Å². The van der Waals surface area contributed by atoms with Crippen molar-refractivity contribution in [1.82, 2.24) is 15.5 Å². The van der Waals surface area contributed by atoms with Crippen LogP contribution < -0.4 is 5.32 Å². The average molecular weight is 385 g/mol. The van der Waals surface area contributed by atoms with Gasteiger partial charge in [0.1, 0.15) is 11.6 Å². The normalized spacial score (nSPS) is 17.7. The Hall–Kier alpha value is -2.17. The minimum Gasteiger partial charge on any atom is -0.344 e. The molecule has 1 heterocycles. The summed E-state index contributed by atoms with van der Waals surface area (Å²) in [5, 5.41) is 10.9. The second-order valence-corrected chi connectivity index (χ2v) is 8.41. The minimum atomic E-state index is 0.213. The maximum absolute atomic E-state index is 10.1. The maximum atomic E-state index is 10.1. The fraction of sp³-hybridized carbons (Fsp3) is 0.609. The van der Waals surface area contributed by atoms with Gasteiger partial charge in [0.15, 0.2) is 5.82 Å². The molecule has 1 fully saturated rings. The lowest BCUT2D eigenvalue weighted by Crippen LogP contribution is -2.22. The Kier molecular flexibility index (Phi) is 8.21. The predicted octanol–water partition coefficient (Wildman–Crippen LogP) is 5.95. The molecule has 0 bridgehead atoms. The average Bonchev–Trinajstić information content (AvgIpc) is 3.35. The van der Waals surface area contributed by atoms with Crippen LogP contribution in [0.4, 0.5) is 5.82 Å². The summed E-state index contributed by atoms with van der Waals surface area (Å²) < 4.78 is 0. The number of hydrogen-bond donors (Lipinski definition) is 2. The number of Topliss-reactive ketones (excluding diaryl/α,β-unsaturated/α-hetero) is 1. The summed E-state index contributed by atoms with van der Waals surface area (Å²) in [7, 11) is 0. The fourth-order valence-electron chi connectivity index (χ4n) is 3.53. The maximum Gasteiger partial charge on any atom is 0.175 e. The lowest BCUT2D eigenvalue weighted by molar-refractivity contribution is -0.119. The second-order valence-electron chi connectivity index (χ2n) is 8.41. The van der Waals surface area contributed by atoms with Crippen LogP contribution in [0.2, 0.25) is 0 Å². The van der Waals surface area contributed by atoms with Crippen LogP contribution in [0.5, 0.6) is 0 Å². The third kappa shape index (κ3) is 6.47. The molecule has 2 aliphatic rings. The molecule has 5 nitrogen and oxygen atoms in total. The highest BCUT2D eigenvalue weighted by Crippen LogP contribution is 2.34. The zero-order valence-corrected chi connectivity index (χ0v) is 18.2. The fourth-order valence-corrected chi connectivity index (χ4v) is 3.53. The molecule has 0 aliphatic heterocycles. The zero-order valence-electron chi connectivity index (χ0n) is 18.2. The highest BCUT2D eigenvalue weighted by atomic mass is 16.1. The van der Waals surface area contributed by atoms with E-state index in [9.17, 15) is 4.79 Å². The number of nitrogens with one attached hydrogen (secondary N) is 2. The van der Waals surface area contributed by atoms with Crippen LogP contribution in [0.3, 0.4) is 0 Å². The van der Waals surface area contributed by atoms with Crippen molar-refractivity contribution in [2.75, 3.05) is 0 Å². The van der Waals surface area contributed by atoms with Crippen molar-refractivity contribution in [2.45, 2.75) is 85.5 Å². The van der Waals surface area contributed by atoms with E-state index in [1.54, 1.807) is 6.92 Å². The summed E-state index contributed by atoms with van der Waals surface area (Å²) in [5.74, 6) is 2.81. The van der Waals surface area contributed by atoms with E-state index >= 15 is 0 Å². The van der Waals surface area contributed by atoms with Gasteiger partial charge in [-0.05, 0) is 58.4 Å². The number of H-pyrrole nitrogens is 1. The van der Waals surface area contributed by atoms with Gasteiger partial charge in [0.05, 0.1) is 0 Å². The molecule has 28 heavy (non-hydrogen) atoms. The standard InChI is InChI=1S/C18H26N4.C5H10O/c1-12(2)19-18(15-10-6-7-13(15)3)20-17-11-16(21-22-17)14-8-4-5-9-14;1-4(2)5(3)6/h11,14H,1,4-10H2,2-3H3,(H2,19,20,21,22);4H,1-3H3. The lowest BCUT2D eigenvalue weighted by atomic mass is 10.0. The summed E-state index contributed by atoms with van der Waals surface area (Å²) in [6.45, 7) is 13.5. The van der Waals surface area contributed by atoms with Crippen molar-refractivity contribution in [3.05, 3.63) is 35.2 Å². The Labute approximate surface area is 169 Å². The first kappa shape index (κ1) is 22.1. The number of amidine groups is 1. The van der Waals surface area contributed by atoms with Crippen molar-refractivity contribution in [3.8, 4) is 0 Å². The second kappa shape index (κ2) is 10.4. The van der Waals surface area contributed by atoms with Crippen LogP contribution in [0.15, 0.2) is 34.5 Å². The number of nitrogens with zero attached hydrogens (tertiary/aromatic N) is 2. The summed E-state index contributed by atoms with van der Waals surface area (Å²) in [4.78, 5) is 14.9. The number of carbonyl (C=O) groups is 1. The molecule has 2 aliphatic carbocycles. The largest absolute Gasteiger partial charge is 0.344 e. The van der Waals surface area contributed by atoms with E-state index < -0.39 is 0 Å². The van der Waals surface area contributed by atoms with Gasteiger partial charge in [-0.25, -0.2) is 4.99 Å². The smallest absolute Gasteiger partial charge is 0.175 e. The number of ketones is 1. The molecule has 1 saturated carbocycles. The van der Waals surface area contributed by atoms with Crippen molar-refractivity contribution >= 4 is 17.4 Å². The van der Waals surface area contributed by atoms with E-state index in [1.807, 2.05) is 20.8 Å². The first-order valence-electron chi connectivity index (χ1n) is 10.5. The molecule has 3 rings (SSSR count). The van der Waals surface area contributed by atoms with Crippen molar-refractivity contribution in [2.24, 2.45) is 10.9 Å². The first-order valence-corrected chi connectivity index (χ1v) is 10.5. The summed E-state index contributed by atoms with van der Waals surface area (Å²) in [5.41, 5.74) is 4.91. The summed E-state index contributed by atoms with van der Waals surface area (Å²) in [6.07, 6.45) is 8.67. The van der Waals surface area contributed by atoms with Crippen molar-refractivity contribution in [3.63, 3.8) is 0 Å².